The molecule has 1 amide bonds. The maximum Gasteiger partial charge on any atom is 0.225 e. The summed E-state index contributed by atoms with van der Waals surface area (Å²) >= 11 is 0. The van der Waals surface area contributed by atoms with Gasteiger partial charge in [0.1, 0.15) is 11.6 Å². The van der Waals surface area contributed by atoms with Gasteiger partial charge in [0.2, 0.25) is 5.91 Å². The Morgan fingerprint density at radius 1 is 1.36 bits per heavy atom. The van der Waals surface area contributed by atoms with E-state index in [4.69, 9.17) is 0 Å². The van der Waals surface area contributed by atoms with Crippen molar-refractivity contribution in [2.24, 2.45) is 5.92 Å². The monoisotopic (exact) mass is 342 g/mol. The smallest absolute Gasteiger partial charge is 0.225 e. The normalized spacial score (nSPS) is 17.6. The first kappa shape index (κ1) is 17.3. The molecule has 2 aromatic rings. The quantitative estimate of drug-likeness (QED) is 0.928. The Hall–Kier alpha value is -2.50. The van der Waals surface area contributed by atoms with Crippen molar-refractivity contribution in [1.82, 2.24) is 15.3 Å². The van der Waals surface area contributed by atoms with E-state index in [9.17, 15) is 9.18 Å². The number of aromatic nitrogens is 2. The highest BCUT2D eigenvalue weighted by Gasteiger charge is 2.27. The van der Waals surface area contributed by atoms with Gasteiger partial charge in [-0.25, -0.2) is 14.4 Å². The Labute approximate surface area is 147 Å². The summed E-state index contributed by atoms with van der Waals surface area (Å²) in [5.41, 5.74) is 0.646. The van der Waals surface area contributed by atoms with Crippen LogP contribution in [0.15, 0.2) is 36.5 Å². The van der Waals surface area contributed by atoms with Crippen LogP contribution in [0.5, 0.6) is 0 Å². The minimum atomic E-state index is -0.310. The average molecular weight is 342 g/mol. The number of rotatable bonds is 4. The van der Waals surface area contributed by atoms with Gasteiger partial charge in [0.05, 0.1) is 5.92 Å². The summed E-state index contributed by atoms with van der Waals surface area (Å²) in [7, 11) is 0. The topological polar surface area (TPSA) is 58.1 Å². The van der Waals surface area contributed by atoms with Crippen LogP contribution >= 0.6 is 0 Å². The molecule has 1 aromatic carbocycles. The summed E-state index contributed by atoms with van der Waals surface area (Å²) < 4.78 is 13.4. The first-order valence-corrected chi connectivity index (χ1v) is 8.67. The van der Waals surface area contributed by atoms with E-state index in [2.05, 4.69) is 20.2 Å². The number of nitrogens with one attached hydrogen (secondary N) is 1. The second-order valence-corrected chi connectivity index (χ2v) is 6.70. The molecule has 0 saturated carbocycles. The first-order valence-electron chi connectivity index (χ1n) is 8.67. The molecule has 3 rings (SSSR count). The number of carbonyl (C=O) groups excluding carboxylic acids is 1. The SMILES string of the molecule is CC(C)NC(=O)[C@H]1CCCN(c2ccnc(-c3cccc(F)c3)n2)C1. The molecule has 132 valence electrons. The van der Waals surface area contributed by atoms with Crippen LogP contribution in [0, 0.1) is 11.7 Å². The molecule has 0 spiro atoms. The third-order valence-corrected chi connectivity index (χ3v) is 4.27. The average Bonchev–Trinajstić information content (AvgIpc) is 2.61. The molecule has 1 aliphatic heterocycles. The van der Waals surface area contributed by atoms with Gasteiger partial charge in [-0.05, 0) is 44.9 Å². The number of amides is 1. The van der Waals surface area contributed by atoms with E-state index in [0.717, 1.165) is 25.2 Å². The fourth-order valence-corrected chi connectivity index (χ4v) is 3.09. The predicted molar refractivity (Wildman–Crippen MR) is 95.6 cm³/mol. The van der Waals surface area contributed by atoms with Crippen LogP contribution in [0.2, 0.25) is 0 Å². The maximum absolute atomic E-state index is 13.4. The van der Waals surface area contributed by atoms with Crippen molar-refractivity contribution < 1.29 is 9.18 Å². The van der Waals surface area contributed by atoms with Gasteiger partial charge in [0.15, 0.2) is 5.82 Å². The highest BCUT2D eigenvalue weighted by atomic mass is 19.1. The van der Waals surface area contributed by atoms with Gasteiger partial charge >= 0.3 is 0 Å². The van der Waals surface area contributed by atoms with Gasteiger partial charge in [-0.2, -0.15) is 0 Å². The summed E-state index contributed by atoms with van der Waals surface area (Å²) in [5, 5.41) is 2.99. The van der Waals surface area contributed by atoms with E-state index in [1.54, 1.807) is 18.3 Å². The number of piperidine rings is 1. The predicted octanol–water partition coefficient (Wildman–Crippen LogP) is 3.02. The van der Waals surface area contributed by atoms with Crippen molar-refractivity contribution in [2.75, 3.05) is 18.0 Å². The molecule has 0 unspecified atom stereocenters. The Morgan fingerprint density at radius 3 is 2.96 bits per heavy atom. The number of benzene rings is 1. The van der Waals surface area contributed by atoms with Gasteiger partial charge in [-0.15, -0.1) is 0 Å². The third kappa shape index (κ3) is 4.32. The van der Waals surface area contributed by atoms with Crippen molar-refractivity contribution in [3.63, 3.8) is 0 Å². The van der Waals surface area contributed by atoms with Gasteiger partial charge in [-0.1, -0.05) is 12.1 Å². The van der Waals surface area contributed by atoms with Crippen LogP contribution in [0.3, 0.4) is 0 Å². The van der Waals surface area contributed by atoms with Crippen LogP contribution in [-0.4, -0.2) is 35.0 Å². The van der Waals surface area contributed by atoms with Crippen LogP contribution in [0.1, 0.15) is 26.7 Å². The molecule has 25 heavy (non-hydrogen) atoms. The number of carbonyl (C=O) groups is 1. The molecular weight excluding hydrogens is 319 g/mol. The summed E-state index contributed by atoms with van der Waals surface area (Å²) in [5.74, 6) is 1.01. The van der Waals surface area contributed by atoms with Crippen LogP contribution in [0.25, 0.3) is 11.4 Å². The Balaban J connectivity index is 1.77. The molecule has 0 bridgehead atoms. The number of nitrogens with zero attached hydrogens (tertiary/aromatic N) is 3. The first-order chi connectivity index (χ1) is 12.0. The van der Waals surface area contributed by atoms with Crippen LogP contribution in [-0.2, 0) is 4.79 Å². The van der Waals surface area contributed by atoms with E-state index < -0.39 is 0 Å². The Bertz CT molecular complexity index is 750. The molecule has 1 N–H and O–H groups in total. The molecule has 6 heteroatoms. The van der Waals surface area contributed by atoms with Crippen LogP contribution in [0.4, 0.5) is 10.2 Å². The molecule has 1 atom stereocenters. The molecule has 5 nitrogen and oxygen atoms in total. The molecule has 1 aromatic heterocycles. The summed E-state index contributed by atoms with van der Waals surface area (Å²) in [6, 6.07) is 8.24. The van der Waals surface area contributed by atoms with Gasteiger partial charge in [-0.3, -0.25) is 4.79 Å². The van der Waals surface area contributed by atoms with Crippen molar-refractivity contribution in [2.45, 2.75) is 32.7 Å². The number of anilines is 1. The minimum Gasteiger partial charge on any atom is -0.356 e. The van der Waals surface area contributed by atoms with E-state index in [-0.39, 0.29) is 23.7 Å². The van der Waals surface area contributed by atoms with E-state index in [1.807, 2.05) is 19.9 Å². The highest BCUT2D eigenvalue weighted by molar-refractivity contribution is 5.79. The molecule has 1 saturated heterocycles. The van der Waals surface area contributed by atoms with E-state index in [0.29, 0.717) is 17.9 Å². The van der Waals surface area contributed by atoms with Crippen LogP contribution < -0.4 is 10.2 Å². The van der Waals surface area contributed by atoms with Crippen molar-refractivity contribution in [1.29, 1.82) is 0 Å². The summed E-state index contributed by atoms with van der Waals surface area (Å²) in [4.78, 5) is 23.2. The second-order valence-electron chi connectivity index (χ2n) is 6.70. The lowest BCUT2D eigenvalue weighted by molar-refractivity contribution is -0.125. The lowest BCUT2D eigenvalue weighted by atomic mass is 9.97. The molecule has 0 radical (unpaired) electrons. The summed E-state index contributed by atoms with van der Waals surface area (Å²) in [6.45, 7) is 5.42. The number of halogens is 1. The molecule has 1 aliphatic rings. The molecule has 1 fully saturated rings. The van der Waals surface area contributed by atoms with Crippen molar-refractivity contribution in [3.8, 4) is 11.4 Å². The van der Waals surface area contributed by atoms with Gasteiger partial charge < -0.3 is 10.2 Å². The van der Waals surface area contributed by atoms with Crippen molar-refractivity contribution in [3.05, 3.63) is 42.3 Å². The molecule has 2 heterocycles. The summed E-state index contributed by atoms with van der Waals surface area (Å²) in [6.07, 6.45) is 3.51. The number of hydrogen-bond acceptors (Lipinski definition) is 4. The minimum absolute atomic E-state index is 0.0382. The molecular formula is C19H23FN4O. The third-order valence-electron chi connectivity index (χ3n) is 4.27. The van der Waals surface area contributed by atoms with Gasteiger partial charge in [0.25, 0.3) is 0 Å². The zero-order chi connectivity index (χ0) is 17.8. The maximum atomic E-state index is 13.4. The second kappa shape index (κ2) is 7.59. The van der Waals surface area contributed by atoms with E-state index >= 15 is 0 Å². The fourth-order valence-electron chi connectivity index (χ4n) is 3.09. The molecule has 0 aliphatic carbocycles. The standard InChI is InChI=1S/C19H23FN4O/c1-13(2)22-19(25)15-6-4-10-24(12-15)17-8-9-21-18(23-17)14-5-3-7-16(20)11-14/h3,5,7-9,11,13,15H,4,6,10,12H2,1-2H3,(H,22,25)/t15-/m0/s1. The fraction of sp³-hybridized carbons (Fsp3) is 0.421. The van der Waals surface area contributed by atoms with E-state index in [1.165, 1.54) is 12.1 Å². The van der Waals surface area contributed by atoms with Gasteiger partial charge in [0, 0.05) is 30.9 Å². The lowest BCUT2D eigenvalue weighted by Crippen LogP contribution is -2.45. The largest absolute Gasteiger partial charge is 0.356 e. The Kier molecular flexibility index (Phi) is 5.26. The highest BCUT2D eigenvalue weighted by Crippen LogP contribution is 2.24. The number of hydrogen-bond donors (Lipinski definition) is 1. The zero-order valence-corrected chi connectivity index (χ0v) is 14.6. The van der Waals surface area contributed by atoms with Crippen molar-refractivity contribution >= 4 is 11.7 Å². The zero-order valence-electron chi connectivity index (χ0n) is 14.6. The Morgan fingerprint density at radius 2 is 2.20 bits per heavy atom. The lowest BCUT2D eigenvalue weighted by Gasteiger charge is -2.33.